The Morgan fingerprint density at radius 3 is 1.68 bits per heavy atom. The second kappa shape index (κ2) is 16.5. The zero-order valence-corrected chi connectivity index (χ0v) is 31.5. The van der Waals surface area contributed by atoms with E-state index < -0.39 is 26.2 Å². The minimum absolute atomic E-state index is 0. The molecule has 1 aromatic carbocycles. The van der Waals surface area contributed by atoms with Crippen LogP contribution in [0.2, 0.25) is 0 Å². The summed E-state index contributed by atoms with van der Waals surface area (Å²) in [6.45, 7) is -0.252. The Labute approximate surface area is 328 Å². The van der Waals surface area contributed by atoms with Gasteiger partial charge in [-0.25, -0.2) is 15.0 Å². The second-order valence-corrected chi connectivity index (χ2v) is 14.0. The molecule has 1 aliphatic heterocycles. The molecule has 0 saturated carbocycles. The summed E-state index contributed by atoms with van der Waals surface area (Å²) < 4.78 is 66.9. The van der Waals surface area contributed by atoms with Crippen molar-refractivity contribution in [2.75, 3.05) is 12.3 Å². The quantitative estimate of drug-likeness (QED) is 0.0837. The van der Waals surface area contributed by atoms with Crippen molar-refractivity contribution < 1.29 is 59.6 Å². The van der Waals surface area contributed by atoms with Crippen LogP contribution in [0.5, 0.6) is 0 Å². The van der Waals surface area contributed by atoms with Gasteiger partial charge in [-0.3, -0.25) is 15.0 Å². The standard InChI is InChI=1S/C27H24N6O3.C10H8N2.F6P.Ru/c28-26-25-18(13-33(27(25)31-15-30-26)24-12-22(35)23(14-34)36-24)16-7-9-17(10-8-16)19-5-3-6-21(32-19)20-4-1-2-11-29-20;1-3-7-11-9(5-1)10-6-2-4-8-12-10;1-7(2,3,4,5)6;/h1-11,13,15,22-24,34-35H,12,14H2,(H2,28,30,31);1-8H;;/q;;-1;+2/t22-,23+,24+;;;/m0.../s1. The molecule has 7 heterocycles. The maximum atomic E-state index is 10.2. The molecule has 1 aliphatic rings. The van der Waals surface area contributed by atoms with Gasteiger partial charge in [-0.2, -0.15) is 0 Å². The van der Waals surface area contributed by atoms with E-state index in [0.717, 1.165) is 45.2 Å². The number of nitrogens with two attached hydrogens (primary N) is 1. The van der Waals surface area contributed by atoms with Crippen molar-refractivity contribution in [3.8, 4) is 45.2 Å². The van der Waals surface area contributed by atoms with Crippen LogP contribution < -0.4 is 5.73 Å². The Morgan fingerprint density at radius 1 is 0.679 bits per heavy atom. The first-order valence-corrected chi connectivity index (χ1v) is 18.5. The third kappa shape index (κ3) is 11.4. The number of nitrogens with zero attached hydrogens (tertiary/aromatic N) is 7. The van der Waals surface area contributed by atoms with E-state index >= 15 is 0 Å². The Morgan fingerprint density at radius 2 is 1.18 bits per heavy atom. The molecule has 7 aromatic rings. The van der Waals surface area contributed by atoms with E-state index in [1.165, 1.54) is 6.33 Å². The van der Waals surface area contributed by atoms with Crippen LogP contribution in [0.3, 0.4) is 0 Å². The number of halogens is 6. The molecule has 0 bridgehead atoms. The summed E-state index contributed by atoms with van der Waals surface area (Å²) in [6, 6.07) is 31.3. The van der Waals surface area contributed by atoms with Gasteiger partial charge in [0.15, 0.2) is 0 Å². The van der Waals surface area contributed by atoms with E-state index in [2.05, 4.69) is 24.9 Å². The van der Waals surface area contributed by atoms with Crippen molar-refractivity contribution >= 4 is 24.7 Å². The molecule has 0 radical (unpaired) electrons. The van der Waals surface area contributed by atoms with E-state index in [-0.39, 0.29) is 26.1 Å². The summed E-state index contributed by atoms with van der Waals surface area (Å²) >= 11 is 0. The number of nitrogen functional groups attached to an aromatic ring is 1. The number of aliphatic hydroxyl groups is 2. The van der Waals surface area contributed by atoms with Crippen LogP contribution in [0, 0.1) is 0 Å². The number of pyridine rings is 4. The Hall–Kier alpha value is -5.25. The summed E-state index contributed by atoms with van der Waals surface area (Å²) in [4.78, 5) is 26.2. The number of hydrogen-bond acceptors (Lipinski definition) is 10. The molecule has 6 aromatic heterocycles. The average Bonchev–Trinajstić information content (AvgIpc) is 3.76. The van der Waals surface area contributed by atoms with Crippen molar-refractivity contribution in [2.45, 2.75) is 24.9 Å². The summed E-state index contributed by atoms with van der Waals surface area (Å²) in [5.41, 5.74) is 13.9. The first-order valence-electron chi connectivity index (χ1n) is 16.5. The van der Waals surface area contributed by atoms with Crippen LogP contribution in [0.15, 0.2) is 128 Å². The van der Waals surface area contributed by atoms with Crippen LogP contribution in [-0.4, -0.2) is 63.5 Å². The van der Waals surface area contributed by atoms with Gasteiger partial charge in [-0.1, -0.05) is 48.5 Å². The normalized spacial score (nSPS) is 17.6. The zero-order chi connectivity index (χ0) is 39.3. The fourth-order valence-corrected chi connectivity index (χ4v) is 5.70. The molecular weight excluding hydrogens is 850 g/mol. The number of hydrogen-bond donors (Lipinski definition) is 3. The Balaban J connectivity index is 0.000000247. The predicted octanol–water partition coefficient (Wildman–Crippen LogP) is 8.97. The molecule has 292 valence electrons. The summed E-state index contributed by atoms with van der Waals surface area (Å²) in [7, 11) is -10.7. The van der Waals surface area contributed by atoms with Gasteiger partial charge >= 0.3 is 52.5 Å². The largest absolute Gasteiger partial charge is 2.00 e. The molecule has 8 rings (SSSR count). The van der Waals surface area contributed by atoms with Gasteiger partial charge < -0.3 is 25.3 Å². The van der Waals surface area contributed by atoms with Crippen LogP contribution in [0.1, 0.15) is 12.6 Å². The molecule has 0 aliphatic carbocycles. The minimum Gasteiger partial charge on any atom is -0.394 e. The van der Waals surface area contributed by atoms with E-state index in [9.17, 15) is 35.4 Å². The van der Waals surface area contributed by atoms with E-state index in [0.29, 0.717) is 23.3 Å². The van der Waals surface area contributed by atoms with E-state index in [4.69, 9.17) is 15.5 Å². The molecule has 1 saturated heterocycles. The van der Waals surface area contributed by atoms with Gasteiger partial charge in [0.05, 0.1) is 46.6 Å². The van der Waals surface area contributed by atoms with Crippen LogP contribution in [0.4, 0.5) is 31.0 Å². The fourth-order valence-electron chi connectivity index (χ4n) is 5.70. The molecule has 56 heavy (non-hydrogen) atoms. The average molecular weight is 883 g/mol. The van der Waals surface area contributed by atoms with Gasteiger partial charge in [0.25, 0.3) is 0 Å². The molecule has 1 fully saturated rings. The topological polar surface area (TPSA) is 158 Å². The van der Waals surface area contributed by atoms with Gasteiger partial charge in [0.1, 0.15) is 30.1 Å². The first kappa shape index (κ1) is 41.9. The minimum atomic E-state index is -10.7. The van der Waals surface area contributed by atoms with Crippen molar-refractivity contribution in [3.63, 3.8) is 0 Å². The molecule has 0 amide bonds. The SMILES string of the molecule is F[P-](F)(F)(F)(F)F.Nc1ncnc2c1c(-c1ccc(-c3cccc(-c4ccccn4)n3)cc1)cn2[C@H]1C[C@H](O)[C@@H](CO)O1.[Ru+2].c1ccc(-c2ccccn2)nc1. The van der Waals surface area contributed by atoms with Gasteiger partial charge in [-0.15, -0.1) is 0 Å². The maximum Gasteiger partial charge on any atom is 2.00 e. The zero-order valence-electron chi connectivity index (χ0n) is 28.8. The first-order chi connectivity index (χ1) is 26.0. The molecule has 19 heteroatoms. The maximum absolute atomic E-state index is 10.7. The summed E-state index contributed by atoms with van der Waals surface area (Å²) in [6.07, 6.45) is 7.10. The van der Waals surface area contributed by atoms with Gasteiger partial charge in [0.2, 0.25) is 0 Å². The predicted molar refractivity (Wildman–Crippen MR) is 196 cm³/mol. The van der Waals surface area contributed by atoms with Crippen molar-refractivity contribution in [3.05, 3.63) is 128 Å². The second-order valence-electron chi connectivity index (χ2n) is 12.1. The number of fused-ring (bicyclic) bond motifs is 1. The van der Waals surface area contributed by atoms with Crippen molar-refractivity contribution in [1.82, 2.24) is 34.5 Å². The third-order valence-electron chi connectivity index (χ3n) is 8.09. The molecular formula is C37H32F6N8O3PRu+. The Bertz CT molecular complexity index is 2320. The monoisotopic (exact) mass is 883 g/mol. The van der Waals surface area contributed by atoms with Crippen LogP contribution >= 0.6 is 7.81 Å². The third-order valence-corrected chi connectivity index (χ3v) is 8.09. The number of ether oxygens (including phenoxy) is 1. The smallest absolute Gasteiger partial charge is 0.394 e. The number of anilines is 1. The summed E-state index contributed by atoms with van der Waals surface area (Å²) in [5.74, 6) is 0.361. The molecule has 4 N–H and O–H groups in total. The molecule has 11 nitrogen and oxygen atoms in total. The fraction of sp³-hybridized carbons (Fsp3) is 0.135. The van der Waals surface area contributed by atoms with Crippen LogP contribution in [-0.2, 0) is 24.2 Å². The summed E-state index contributed by atoms with van der Waals surface area (Å²) in [5, 5.41) is 20.4. The number of aliphatic hydroxyl groups excluding tert-OH is 2. The molecule has 0 unspecified atom stereocenters. The van der Waals surface area contributed by atoms with Crippen LogP contribution in [0.25, 0.3) is 56.2 Å². The van der Waals surface area contributed by atoms with Crippen molar-refractivity contribution in [1.29, 1.82) is 0 Å². The number of rotatable bonds is 6. The molecule has 3 atom stereocenters. The number of aromatic nitrogens is 7. The van der Waals surface area contributed by atoms with Crippen molar-refractivity contribution in [2.24, 2.45) is 0 Å². The van der Waals surface area contributed by atoms with E-state index in [1.54, 1.807) is 18.6 Å². The van der Waals surface area contributed by atoms with Gasteiger partial charge in [-0.05, 0) is 54.1 Å². The van der Waals surface area contributed by atoms with E-state index in [1.807, 2.05) is 108 Å². The van der Waals surface area contributed by atoms with Gasteiger partial charge in [0, 0.05) is 42.3 Å². The number of benzene rings is 1. The molecule has 0 spiro atoms. The Kier molecular flexibility index (Phi) is 12.3.